The summed E-state index contributed by atoms with van der Waals surface area (Å²) in [7, 11) is 0. The standard InChI is InChI=1S/C29H21Cl2N3O5S2/c1-14-2-9-18(10-3-14)34-27(36)23-22(24-26(33-29(38)41-24)40-25(23)28(34)37)19-12-16(31)6-11-20(19)39-13-21(35)32-17-7-4-15(30)5-8-17/h2-12,22-23,25H,13H2,1H3,(H,32,35)(H,33,38)/t22-,23?,25?/m1/s1. The van der Waals surface area contributed by atoms with Gasteiger partial charge in [0.25, 0.3) is 5.91 Å². The molecule has 8 nitrogen and oxygen atoms in total. The predicted octanol–water partition coefficient (Wildman–Crippen LogP) is 5.86. The van der Waals surface area contributed by atoms with Gasteiger partial charge in [-0.25, -0.2) is 4.90 Å². The molecule has 4 aromatic rings. The van der Waals surface area contributed by atoms with E-state index in [1.54, 1.807) is 54.6 Å². The number of thiazole rings is 1. The van der Waals surface area contributed by atoms with Crippen molar-refractivity contribution >= 4 is 75.4 Å². The van der Waals surface area contributed by atoms with E-state index in [-0.39, 0.29) is 23.3 Å². The lowest BCUT2D eigenvalue weighted by Crippen LogP contribution is -2.32. The van der Waals surface area contributed by atoms with Crippen LogP contribution in [-0.2, 0) is 14.4 Å². The summed E-state index contributed by atoms with van der Waals surface area (Å²) < 4.78 is 5.96. The summed E-state index contributed by atoms with van der Waals surface area (Å²) in [6.45, 7) is 1.60. The highest BCUT2D eigenvalue weighted by molar-refractivity contribution is 8.00. The van der Waals surface area contributed by atoms with Gasteiger partial charge in [0.1, 0.15) is 11.0 Å². The smallest absolute Gasteiger partial charge is 0.305 e. The van der Waals surface area contributed by atoms with E-state index in [0.717, 1.165) is 16.9 Å². The maximum Gasteiger partial charge on any atom is 0.305 e. The molecule has 3 amide bonds. The van der Waals surface area contributed by atoms with Gasteiger partial charge in [0, 0.05) is 32.1 Å². The summed E-state index contributed by atoms with van der Waals surface area (Å²) >= 11 is 14.5. The number of aryl methyl sites for hydroxylation is 1. The lowest BCUT2D eigenvalue weighted by atomic mass is 9.82. The fourth-order valence-electron chi connectivity index (χ4n) is 5.07. The minimum absolute atomic E-state index is 0.297. The number of hydrogen-bond donors (Lipinski definition) is 2. The average molecular weight is 627 g/mol. The number of carbonyl (C=O) groups excluding carboxylic acids is 3. The van der Waals surface area contributed by atoms with Crippen molar-refractivity contribution in [3.05, 3.63) is 102 Å². The van der Waals surface area contributed by atoms with Gasteiger partial charge in [-0.3, -0.25) is 19.2 Å². The number of anilines is 2. The second-order valence-electron chi connectivity index (χ2n) is 9.62. The van der Waals surface area contributed by atoms with Crippen LogP contribution >= 0.6 is 46.3 Å². The number of rotatable bonds is 6. The molecule has 0 saturated carbocycles. The van der Waals surface area contributed by atoms with Gasteiger partial charge in [0.05, 0.1) is 16.6 Å². The van der Waals surface area contributed by atoms with Gasteiger partial charge in [-0.2, -0.15) is 0 Å². The Bertz CT molecular complexity index is 1740. The van der Waals surface area contributed by atoms with Crippen molar-refractivity contribution < 1.29 is 19.1 Å². The van der Waals surface area contributed by atoms with Gasteiger partial charge < -0.3 is 15.0 Å². The Morgan fingerprint density at radius 2 is 1.68 bits per heavy atom. The lowest BCUT2D eigenvalue weighted by Gasteiger charge is -2.31. The number of imide groups is 1. The van der Waals surface area contributed by atoms with Crippen LogP contribution in [0.25, 0.3) is 0 Å². The number of benzene rings is 3. The zero-order valence-corrected chi connectivity index (χ0v) is 24.5. The fourth-order valence-corrected chi connectivity index (χ4v) is 7.88. The molecule has 1 fully saturated rings. The zero-order valence-electron chi connectivity index (χ0n) is 21.4. The summed E-state index contributed by atoms with van der Waals surface area (Å²) in [6, 6.07) is 18.7. The number of ether oxygens (including phenoxy) is 1. The van der Waals surface area contributed by atoms with Crippen LogP contribution in [0.1, 0.15) is 21.9 Å². The van der Waals surface area contributed by atoms with Crippen LogP contribution in [-0.4, -0.2) is 34.6 Å². The highest BCUT2D eigenvalue weighted by Crippen LogP contribution is 2.54. The van der Waals surface area contributed by atoms with Crippen LogP contribution in [0.4, 0.5) is 11.4 Å². The van der Waals surface area contributed by atoms with Crippen LogP contribution in [0.5, 0.6) is 5.75 Å². The van der Waals surface area contributed by atoms with Crippen molar-refractivity contribution in [1.82, 2.24) is 4.98 Å². The van der Waals surface area contributed by atoms with Crippen LogP contribution < -0.4 is 19.8 Å². The molecule has 3 atom stereocenters. The number of nitrogens with zero attached hydrogens (tertiary/aromatic N) is 1. The number of halogens is 2. The van der Waals surface area contributed by atoms with Crippen molar-refractivity contribution in [2.75, 3.05) is 16.8 Å². The maximum absolute atomic E-state index is 14.0. The summed E-state index contributed by atoms with van der Waals surface area (Å²) in [5.74, 6) is -2.36. The van der Waals surface area contributed by atoms with Gasteiger partial charge in [0.2, 0.25) is 11.8 Å². The van der Waals surface area contributed by atoms with Crippen molar-refractivity contribution in [3.8, 4) is 5.75 Å². The van der Waals surface area contributed by atoms with E-state index in [1.165, 1.54) is 16.7 Å². The first-order chi connectivity index (χ1) is 19.7. The number of aromatic amines is 1. The lowest BCUT2D eigenvalue weighted by molar-refractivity contribution is -0.122. The third kappa shape index (κ3) is 5.28. The van der Waals surface area contributed by atoms with E-state index in [2.05, 4.69) is 10.3 Å². The summed E-state index contributed by atoms with van der Waals surface area (Å²) in [5, 5.41) is 3.43. The van der Waals surface area contributed by atoms with Crippen LogP contribution in [0.3, 0.4) is 0 Å². The van der Waals surface area contributed by atoms with E-state index < -0.39 is 23.0 Å². The van der Waals surface area contributed by atoms with Gasteiger partial charge in [-0.15, -0.1) is 0 Å². The third-order valence-electron chi connectivity index (χ3n) is 6.91. The molecule has 41 heavy (non-hydrogen) atoms. The number of amides is 3. The van der Waals surface area contributed by atoms with Crippen LogP contribution in [0.15, 0.2) is 76.6 Å². The first-order valence-electron chi connectivity index (χ1n) is 12.5. The van der Waals surface area contributed by atoms with E-state index in [1.807, 2.05) is 19.1 Å². The highest BCUT2D eigenvalue weighted by Gasteiger charge is 2.56. The monoisotopic (exact) mass is 625 g/mol. The topological polar surface area (TPSA) is 109 Å². The van der Waals surface area contributed by atoms with Crippen molar-refractivity contribution in [3.63, 3.8) is 0 Å². The Balaban J connectivity index is 1.36. The largest absolute Gasteiger partial charge is 0.483 e. The Morgan fingerprint density at radius 3 is 2.41 bits per heavy atom. The maximum atomic E-state index is 14.0. The molecule has 1 saturated heterocycles. The van der Waals surface area contributed by atoms with Gasteiger partial charge in [-0.05, 0) is 61.5 Å². The van der Waals surface area contributed by atoms with Gasteiger partial charge >= 0.3 is 4.87 Å². The second-order valence-corrected chi connectivity index (χ2v) is 12.7. The number of aromatic nitrogens is 1. The first-order valence-corrected chi connectivity index (χ1v) is 15.0. The van der Waals surface area contributed by atoms with E-state index >= 15 is 0 Å². The molecular weight excluding hydrogens is 605 g/mol. The van der Waals surface area contributed by atoms with E-state index in [0.29, 0.717) is 42.6 Å². The van der Waals surface area contributed by atoms with E-state index in [4.69, 9.17) is 27.9 Å². The number of carbonyl (C=O) groups is 3. The molecule has 3 aromatic carbocycles. The molecule has 0 aliphatic carbocycles. The number of nitrogens with one attached hydrogen (secondary N) is 2. The highest BCUT2D eigenvalue weighted by atomic mass is 35.5. The zero-order chi connectivity index (χ0) is 28.8. The Labute approximate surface area is 252 Å². The summed E-state index contributed by atoms with van der Waals surface area (Å²) in [6.07, 6.45) is 0. The van der Waals surface area contributed by atoms with Crippen molar-refractivity contribution in [2.24, 2.45) is 5.92 Å². The summed E-state index contributed by atoms with van der Waals surface area (Å²) in [5.41, 5.74) is 2.55. The van der Waals surface area contributed by atoms with E-state index in [9.17, 15) is 19.2 Å². The molecular formula is C29H21Cl2N3O5S2. The average Bonchev–Trinajstić information content (AvgIpc) is 3.44. The fraction of sp³-hybridized carbons (Fsp3) is 0.172. The number of hydrogen-bond acceptors (Lipinski definition) is 7. The minimum atomic E-state index is -0.823. The molecule has 0 radical (unpaired) electrons. The molecule has 12 heteroatoms. The molecule has 2 aliphatic heterocycles. The summed E-state index contributed by atoms with van der Waals surface area (Å²) in [4.78, 5) is 57.1. The molecule has 3 heterocycles. The molecule has 208 valence electrons. The third-order valence-corrected chi connectivity index (χ3v) is 9.80. The van der Waals surface area contributed by atoms with Crippen molar-refractivity contribution in [2.45, 2.75) is 23.1 Å². The molecule has 2 aliphatic rings. The van der Waals surface area contributed by atoms with Gasteiger partial charge in [0.15, 0.2) is 6.61 Å². The molecule has 0 spiro atoms. The van der Waals surface area contributed by atoms with Crippen LogP contribution in [0, 0.1) is 12.8 Å². The predicted molar refractivity (Wildman–Crippen MR) is 161 cm³/mol. The molecule has 2 N–H and O–H groups in total. The Kier molecular flexibility index (Phi) is 7.41. The number of H-pyrrole nitrogens is 1. The Morgan fingerprint density at radius 1 is 0.976 bits per heavy atom. The molecule has 2 unspecified atom stereocenters. The number of thioether (sulfide) groups is 1. The van der Waals surface area contributed by atoms with Crippen LogP contribution in [0.2, 0.25) is 10.0 Å². The second kappa shape index (κ2) is 11.0. The Hall–Kier alpha value is -3.57. The normalized spacial score (nSPS) is 19.6. The molecule has 0 bridgehead atoms. The molecule has 1 aromatic heterocycles. The van der Waals surface area contributed by atoms with Crippen molar-refractivity contribution in [1.29, 1.82) is 0 Å². The quantitative estimate of drug-likeness (QED) is 0.260. The minimum Gasteiger partial charge on any atom is -0.483 e. The molecule has 6 rings (SSSR count). The van der Waals surface area contributed by atoms with Gasteiger partial charge in [-0.1, -0.05) is 64.0 Å². The number of fused-ring (bicyclic) bond motifs is 2. The first kappa shape index (κ1) is 27.6. The SMILES string of the molecule is Cc1ccc(N2C(=O)C3Sc4[nH]c(=O)sc4[C@H](c4cc(Cl)ccc4OCC(=O)Nc4ccc(Cl)cc4)C3C2=O)cc1.